The Hall–Kier alpha value is -3.95. The van der Waals surface area contributed by atoms with E-state index in [1.165, 1.54) is 12.1 Å². The van der Waals surface area contributed by atoms with Gasteiger partial charge in [0.2, 0.25) is 0 Å². The third-order valence-corrected chi connectivity index (χ3v) is 3.22. The summed E-state index contributed by atoms with van der Waals surface area (Å²) in [7, 11) is 0. The van der Waals surface area contributed by atoms with Crippen LogP contribution in [0.25, 0.3) is 0 Å². The van der Waals surface area contributed by atoms with E-state index in [4.69, 9.17) is 10.2 Å². The van der Waals surface area contributed by atoms with Crippen LogP contribution in [0.2, 0.25) is 0 Å². The molecule has 2 rings (SSSR count). The zero-order valence-corrected chi connectivity index (χ0v) is 13.0. The lowest BCUT2D eigenvalue weighted by Crippen LogP contribution is -2.27. The van der Waals surface area contributed by atoms with Crippen LogP contribution in [0.5, 0.6) is 0 Å². The molecular weight excluding hydrogens is 346 g/mol. The van der Waals surface area contributed by atoms with Crippen molar-refractivity contribution in [1.82, 2.24) is 0 Å². The molecule has 0 atom stereocenters. The van der Waals surface area contributed by atoms with Crippen LogP contribution in [0.15, 0.2) is 58.8 Å². The SMILES string of the molecule is O=C(c1ccccc1)c1cc([N+](=O)[O-])ccc1N=NC(C(=O)O)C(=O)O. The quantitative estimate of drug-likeness (QED) is 0.253. The molecule has 2 aromatic carbocycles. The number of nitrogens with zero attached hydrogens (tertiary/aromatic N) is 3. The second kappa shape index (κ2) is 7.75. The van der Waals surface area contributed by atoms with E-state index in [1.54, 1.807) is 18.2 Å². The van der Waals surface area contributed by atoms with Gasteiger partial charge >= 0.3 is 11.9 Å². The van der Waals surface area contributed by atoms with Gasteiger partial charge in [-0.3, -0.25) is 14.9 Å². The molecule has 0 heterocycles. The van der Waals surface area contributed by atoms with E-state index in [9.17, 15) is 24.5 Å². The number of benzene rings is 2. The monoisotopic (exact) mass is 357 g/mol. The fraction of sp³-hybridized carbons (Fsp3) is 0.0625. The average Bonchev–Trinajstić information content (AvgIpc) is 2.61. The van der Waals surface area contributed by atoms with Crippen molar-refractivity contribution in [3.63, 3.8) is 0 Å². The van der Waals surface area contributed by atoms with E-state index in [-0.39, 0.29) is 22.5 Å². The minimum absolute atomic E-state index is 0.183. The molecule has 0 aromatic heterocycles. The van der Waals surface area contributed by atoms with Gasteiger partial charge in [-0.25, -0.2) is 9.59 Å². The molecule has 10 heteroatoms. The first-order chi connectivity index (χ1) is 12.3. The lowest BCUT2D eigenvalue weighted by atomic mass is 10.0. The van der Waals surface area contributed by atoms with Gasteiger partial charge in [0.25, 0.3) is 11.7 Å². The molecule has 0 aliphatic heterocycles. The van der Waals surface area contributed by atoms with Gasteiger partial charge in [-0.1, -0.05) is 30.3 Å². The van der Waals surface area contributed by atoms with Gasteiger partial charge in [0.15, 0.2) is 5.78 Å². The molecule has 0 spiro atoms. The van der Waals surface area contributed by atoms with Crippen molar-refractivity contribution in [1.29, 1.82) is 0 Å². The zero-order chi connectivity index (χ0) is 19.3. The van der Waals surface area contributed by atoms with Crippen molar-refractivity contribution in [2.45, 2.75) is 6.04 Å². The Kier molecular flexibility index (Phi) is 5.48. The highest BCUT2D eigenvalue weighted by molar-refractivity contribution is 6.12. The van der Waals surface area contributed by atoms with E-state index in [0.717, 1.165) is 18.2 Å². The summed E-state index contributed by atoms with van der Waals surface area (Å²) in [6.07, 6.45) is 0. The first-order valence-electron chi connectivity index (χ1n) is 7.06. The minimum atomic E-state index is -2.16. The Bertz CT molecular complexity index is 895. The minimum Gasteiger partial charge on any atom is -0.479 e. The summed E-state index contributed by atoms with van der Waals surface area (Å²) in [6, 6.07) is 8.79. The smallest absolute Gasteiger partial charge is 0.342 e. The highest BCUT2D eigenvalue weighted by Gasteiger charge is 2.26. The second-order valence-corrected chi connectivity index (χ2v) is 4.95. The highest BCUT2D eigenvalue weighted by atomic mass is 16.6. The predicted octanol–water partition coefficient (Wildman–Crippen LogP) is 2.45. The number of rotatable bonds is 7. The molecule has 132 valence electrons. The third kappa shape index (κ3) is 4.12. The maximum absolute atomic E-state index is 12.6. The molecule has 0 aliphatic rings. The van der Waals surface area contributed by atoms with E-state index in [1.807, 2.05) is 0 Å². The molecule has 2 N–H and O–H groups in total. The van der Waals surface area contributed by atoms with Crippen LogP contribution in [-0.2, 0) is 9.59 Å². The Balaban J connectivity index is 2.52. The number of carboxylic acids is 2. The van der Waals surface area contributed by atoms with Crippen LogP contribution in [0.3, 0.4) is 0 Å². The van der Waals surface area contributed by atoms with Gasteiger partial charge in [0, 0.05) is 17.7 Å². The van der Waals surface area contributed by atoms with E-state index in [0.29, 0.717) is 0 Å². The molecule has 0 aliphatic carbocycles. The molecule has 0 fully saturated rings. The molecule has 0 bridgehead atoms. The number of carboxylic acid groups (broad SMARTS) is 2. The van der Waals surface area contributed by atoms with Crippen molar-refractivity contribution in [2.24, 2.45) is 10.2 Å². The number of hydrogen-bond acceptors (Lipinski definition) is 7. The molecule has 2 aromatic rings. The lowest BCUT2D eigenvalue weighted by molar-refractivity contribution is -0.384. The van der Waals surface area contributed by atoms with Gasteiger partial charge in [0.05, 0.1) is 16.2 Å². The maximum atomic E-state index is 12.6. The van der Waals surface area contributed by atoms with Crippen molar-refractivity contribution >= 4 is 29.1 Å². The van der Waals surface area contributed by atoms with Gasteiger partial charge in [-0.05, 0) is 6.07 Å². The highest BCUT2D eigenvalue weighted by Crippen LogP contribution is 2.27. The Morgan fingerprint density at radius 3 is 2.15 bits per heavy atom. The Labute approximate surface area is 145 Å². The van der Waals surface area contributed by atoms with Crippen LogP contribution in [-0.4, -0.2) is 38.9 Å². The van der Waals surface area contributed by atoms with Crippen LogP contribution < -0.4 is 0 Å². The zero-order valence-electron chi connectivity index (χ0n) is 13.0. The summed E-state index contributed by atoms with van der Waals surface area (Å²) >= 11 is 0. The summed E-state index contributed by atoms with van der Waals surface area (Å²) in [4.78, 5) is 44.6. The van der Waals surface area contributed by atoms with Crippen molar-refractivity contribution in [3.05, 3.63) is 69.8 Å². The van der Waals surface area contributed by atoms with Crippen LogP contribution in [0.1, 0.15) is 15.9 Å². The first-order valence-corrected chi connectivity index (χ1v) is 7.06. The van der Waals surface area contributed by atoms with Gasteiger partial charge in [0.1, 0.15) is 0 Å². The maximum Gasteiger partial charge on any atom is 0.342 e. The number of non-ortho nitro benzene ring substituents is 1. The van der Waals surface area contributed by atoms with Crippen molar-refractivity contribution < 1.29 is 29.5 Å². The van der Waals surface area contributed by atoms with E-state index >= 15 is 0 Å². The fourth-order valence-electron chi connectivity index (χ4n) is 1.98. The summed E-state index contributed by atoms with van der Waals surface area (Å²) in [5, 5.41) is 35.3. The number of carbonyl (C=O) groups excluding carboxylic acids is 1. The fourth-order valence-corrected chi connectivity index (χ4v) is 1.98. The number of nitro benzene ring substituents is 1. The number of ketones is 1. The van der Waals surface area contributed by atoms with Gasteiger partial charge in [-0.2, -0.15) is 10.2 Å². The van der Waals surface area contributed by atoms with Crippen LogP contribution >= 0.6 is 0 Å². The van der Waals surface area contributed by atoms with Crippen LogP contribution in [0, 0.1) is 10.1 Å². The molecule has 0 radical (unpaired) electrons. The summed E-state index contributed by atoms with van der Waals surface area (Å²) < 4.78 is 0. The number of azo groups is 1. The number of aliphatic carboxylic acids is 2. The van der Waals surface area contributed by atoms with Crippen LogP contribution in [0.4, 0.5) is 11.4 Å². The van der Waals surface area contributed by atoms with E-state index in [2.05, 4.69) is 10.2 Å². The Morgan fingerprint density at radius 2 is 1.62 bits per heavy atom. The third-order valence-electron chi connectivity index (χ3n) is 3.22. The van der Waals surface area contributed by atoms with Gasteiger partial charge in [-0.15, -0.1) is 0 Å². The second-order valence-electron chi connectivity index (χ2n) is 4.95. The molecule has 0 amide bonds. The molecule has 0 saturated carbocycles. The Morgan fingerprint density at radius 1 is 1.00 bits per heavy atom. The first kappa shape index (κ1) is 18.4. The lowest BCUT2D eigenvalue weighted by Gasteiger charge is -2.05. The number of hydrogen-bond donors (Lipinski definition) is 2. The number of nitro groups is 1. The van der Waals surface area contributed by atoms with Gasteiger partial charge < -0.3 is 10.2 Å². The van der Waals surface area contributed by atoms with E-state index < -0.39 is 28.7 Å². The average molecular weight is 357 g/mol. The molecule has 10 nitrogen and oxygen atoms in total. The summed E-state index contributed by atoms with van der Waals surface area (Å²) in [6.45, 7) is 0. The summed E-state index contributed by atoms with van der Waals surface area (Å²) in [5.74, 6) is -4.08. The van der Waals surface area contributed by atoms with Crippen molar-refractivity contribution in [3.8, 4) is 0 Å². The molecule has 0 saturated heterocycles. The van der Waals surface area contributed by atoms with Crippen molar-refractivity contribution in [2.75, 3.05) is 0 Å². The molecule has 26 heavy (non-hydrogen) atoms. The number of carbonyl (C=O) groups is 3. The normalized spacial score (nSPS) is 10.8. The topological polar surface area (TPSA) is 160 Å². The molecule has 0 unspecified atom stereocenters. The molecular formula is C16H11N3O7. The standard InChI is InChI=1S/C16H11N3O7/c20-14(9-4-2-1-3-5-9)11-8-10(19(25)26)6-7-12(11)17-18-13(15(21)22)16(23)24/h1-8,13H,(H,21,22)(H,23,24). The largest absolute Gasteiger partial charge is 0.479 e. The summed E-state index contributed by atoms with van der Waals surface area (Å²) in [5.41, 5.74) is -0.547. The predicted molar refractivity (Wildman–Crippen MR) is 86.5 cm³/mol.